The summed E-state index contributed by atoms with van der Waals surface area (Å²) in [7, 11) is 1.80. The van der Waals surface area contributed by atoms with Gasteiger partial charge in [0.15, 0.2) is 5.82 Å². The Morgan fingerprint density at radius 2 is 1.88 bits per heavy atom. The number of fused-ring (bicyclic) bond motifs is 1. The monoisotopic (exact) mass is 367 g/mol. The number of imidazole rings is 1. The Hall–Kier alpha value is -3.18. The molecule has 0 saturated heterocycles. The number of thiazole rings is 1. The Kier molecular flexibility index (Phi) is 3.93. The molecular formula is C18H11F2N5S. The van der Waals surface area contributed by atoms with E-state index in [1.807, 2.05) is 11.6 Å². The summed E-state index contributed by atoms with van der Waals surface area (Å²) in [6.07, 6.45) is 3.51. The summed E-state index contributed by atoms with van der Waals surface area (Å²) >= 11 is 1.47. The molecule has 1 aromatic carbocycles. The van der Waals surface area contributed by atoms with Crippen LogP contribution in [0.4, 0.5) is 8.78 Å². The minimum absolute atomic E-state index is 0.0301. The largest absolute Gasteiger partial charge is 0.327 e. The van der Waals surface area contributed by atoms with Crippen LogP contribution in [0.3, 0.4) is 0 Å². The van der Waals surface area contributed by atoms with E-state index in [0.29, 0.717) is 17.3 Å². The molecule has 0 N–H and O–H groups in total. The minimum Gasteiger partial charge on any atom is -0.327 e. The Morgan fingerprint density at radius 1 is 1.08 bits per heavy atom. The van der Waals surface area contributed by atoms with Gasteiger partial charge in [0.1, 0.15) is 39.4 Å². The van der Waals surface area contributed by atoms with Gasteiger partial charge in [-0.25, -0.2) is 28.7 Å². The maximum Gasteiger partial charge on any atom is 0.186 e. The average Bonchev–Trinajstić information content (AvgIpc) is 3.25. The van der Waals surface area contributed by atoms with Gasteiger partial charge < -0.3 is 4.57 Å². The predicted octanol–water partition coefficient (Wildman–Crippen LogP) is 3.47. The second-order valence-electron chi connectivity index (χ2n) is 5.52. The van der Waals surface area contributed by atoms with E-state index >= 15 is 0 Å². The van der Waals surface area contributed by atoms with Gasteiger partial charge in [0, 0.05) is 24.8 Å². The molecule has 26 heavy (non-hydrogen) atoms. The zero-order valence-electron chi connectivity index (χ0n) is 13.8. The molecule has 0 unspecified atom stereocenters. The molecule has 4 rings (SSSR count). The number of rotatable bonds is 1. The Bertz CT molecular complexity index is 1190. The van der Waals surface area contributed by atoms with Crippen LogP contribution in [-0.4, -0.2) is 24.5 Å². The Labute approximate surface area is 151 Å². The molecule has 8 heteroatoms. The summed E-state index contributed by atoms with van der Waals surface area (Å²) in [6.45, 7) is 1.61. The fourth-order valence-electron chi connectivity index (χ4n) is 2.52. The van der Waals surface area contributed by atoms with E-state index < -0.39 is 11.6 Å². The number of aromatic nitrogens is 5. The Balaban J connectivity index is 1.84. The second kappa shape index (κ2) is 6.28. The predicted molar refractivity (Wildman–Crippen MR) is 94.5 cm³/mol. The quantitative estimate of drug-likeness (QED) is 0.484. The zero-order valence-corrected chi connectivity index (χ0v) is 14.6. The van der Waals surface area contributed by atoms with Crippen molar-refractivity contribution in [3.8, 4) is 22.5 Å². The number of hydrogen-bond donors (Lipinski definition) is 0. The second-order valence-corrected chi connectivity index (χ2v) is 6.41. The van der Waals surface area contributed by atoms with Gasteiger partial charge in [-0.05, 0) is 30.9 Å². The lowest BCUT2D eigenvalue weighted by molar-refractivity contribution is 0.614. The van der Waals surface area contributed by atoms with Gasteiger partial charge in [-0.2, -0.15) is 0 Å². The van der Waals surface area contributed by atoms with Crippen LogP contribution in [0.2, 0.25) is 0 Å². The summed E-state index contributed by atoms with van der Waals surface area (Å²) in [5, 5.41) is 2.62. The highest BCUT2D eigenvalue weighted by Gasteiger charge is 2.13. The van der Waals surface area contributed by atoms with E-state index in [4.69, 9.17) is 0 Å². The smallest absolute Gasteiger partial charge is 0.186 e. The van der Waals surface area contributed by atoms with Crippen molar-refractivity contribution < 1.29 is 8.78 Å². The lowest BCUT2D eigenvalue weighted by Crippen LogP contribution is -1.99. The van der Waals surface area contributed by atoms with Crippen LogP contribution in [0, 0.1) is 30.4 Å². The molecule has 5 nitrogen and oxygen atoms in total. The van der Waals surface area contributed by atoms with Gasteiger partial charge in [-0.3, -0.25) is 0 Å². The normalized spacial score (nSPS) is 10.8. The molecule has 3 heterocycles. The van der Waals surface area contributed by atoms with Crippen LogP contribution < -0.4 is 0 Å². The third kappa shape index (κ3) is 2.82. The molecule has 0 atom stereocenters. The molecule has 0 amide bonds. The van der Waals surface area contributed by atoms with E-state index in [9.17, 15) is 8.78 Å². The maximum absolute atomic E-state index is 14.2. The summed E-state index contributed by atoms with van der Waals surface area (Å²) in [5.41, 5.74) is 0.751. The van der Waals surface area contributed by atoms with Gasteiger partial charge >= 0.3 is 0 Å². The average molecular weight is 367 g/mol. The molecule has 0 radical (unpaired) electrons. The van der Waals surface area contributed by atoms with Gasteiger partial charge in [0.25, 0.3) is 0 Å². The standard InChI is InChI=1S/C18H11F2N5S/c1-10-22-13(16-11(19)3-4-12(20)17(16)23-10)5-6-15-24-14(9-25(15)2)18-21-7-8-26-18/h3-4,7-9H,1-2H3. The number of nitrogens with zero attached hydrogens (tertiary/aromatic N) is 5. The lowest BCUT2D eigenvalue weighted by Gasteiger charge is -2.04. The first kappa shape index (κ1) is 16.3. The fourth-order valence-corrected chi connectivity index (χ4v) is 3.11. The SMILES string of the molecule is Cc1nc(C#Cc2nc(-c3nccs3)cn2C)c2c(F)ccc(F)c2n1. The molecule has 3 aromatic heterocycles. The third-order valence-corrected chi connectivity index (χ3v) is 4.48. The van der Waals surface area contributed by atoms with E-state index in [-0.39, 0.29) is 16.6 Å². The molecule has 4 aromatic rings. The minimum atomic E-state index is -0.617. The lowest BCUT2D eigenvalue weighted by atomic mass is 10.1. The van der Waals surface area contributed by atoms with E-state index in [1.165, 1.54) is 11.3 Å². The number of hydrogen-bond acceptors (Lipinski definition) is 5. The summed E-state index contributed by atoms with van der Waals surface area (Å²) < 4.78 is 29.9. The first-order chi connectivity index (χ1) is 12.5. The molecule has 0 spiro atoms. The van der Waals surface area contributed by atoms with Gasteiger partial charge in [-0.15, -0.1) is 11.3 Å². The molecule has 128 valence electrons. The first-order valence-corrected chi connectivity index (χ1v) is 8.48. The molecule has 0 saturated carbocycles. The molecule has 0 aliphatic carbocycles. The topological polar surface area (TPSA) is 56.5 Å². The Morgan fingerprint density at radius 3 is 2.65 bits per heavy atom. The van der Waals surface area contributed by atoms with Crippen molar-refractivity contribution in [1.82, 2.24) is 24.5 Å². The summed E-state index contributed by atoms with van der Waals surface area (Å²) in [4.78, 5) is 16.8. The van der Waals surface area contributed by atoms with Crippen molar-refractivity contribution in [2.45, 2.75) is 6.92 Å². The van der Waals surface area contributed by atoms with Crippen molar-refractivity contribution in [2.24, 2.45) is 7.05 Å². The summed E-state index contributed by atoms with van der Waals surface area (Å²) in [5.74, 6) is 5.23. The van der Waals surface area contributed by atoms with Crippen LogP contribution in [0.1, 0.15) is 17.3 Å². The fraction of sp³-hybridized carbons (Fsp3) is 0.111. The van der Waals surface area contributed by atoms with Crippen molar-refractivity contribution in [3.05, 3.63) is 58.9 Å². The van der Waals surface area contributed by atoms with Crippen LogP contribution in [0.15, 0.2) is 29.9 Å². The van der Waals surface area contributed by atoms with E-state index in [2.05, 4.69) is 31.8 Å². The first-order valence-electron chi connectivity index (χ1n) is 7.60. The van der Waals surface area contributed by atoms with Crippen LogP contribution in [0.5, 0.6) is 0 Å². The highest BCUT2D eigenvalue weighted by atomic mass is 32.1. The zero-order chi connectivity index (χ0) is 18.3. The van der Waals surface area contributed by atoms with Crippen LogP contribution in [0.25, 0.3) is 21.6 Å². The third-order valence-electron chi connectivity index (χ3n) is 3.68. The maximum atomic E-state index is 14.2. The van der Waals surface area contributed by atoms with Crippen molar-refractivity contribution in [2.75, 3.05) is 0 Å². The molecule has 0 bridgehead atoms. The molecular weight excluding hydrogens is 356 g/mol. The van der Waals surface area contributed by atoms with Gasteiger partial charge in [0.05, 0.1) is 5.39 Å². The summed E-state index contributed by atoms with van der Waals surface area (Å²) in [6, 6.07) is 2.09. The van der Waals surface area contributed by atoms with Crippen molar-refractivity contribution in [1.29, 1.82) is 0 Å². The van der Waals surface area contributed by atoms with E-state index in [1.54, 1.807) is 24.7 Å². The van der Waals surface area contributed by atoms with E-state index in [0.717, 1.165) is 17.1 Å². The van der Waals surface area contributed by atoms with Crippen LogP contribution >= 0.6 is 11.3 Å². The molecule has 0 fully saturated rings. The highest BCUT2D eigenvalue weighted by molar-refractivity contribution is 7.13. The number of aryl methyl sites for hydroxylation is 2. The number of halogens is 2. The number of benzene rings is 1. The van der Waals surface area contributed by atoms with Crippen molar-refractivity contribution in [3.63, 3.8) is 0 Å². The molecule has 0 aliphatic heterocycles. The van der Waals surface area contributed by atoms with Gasteiger partial charge in [-0.1, -0.05) is 0 Å². The molecule has 0 aliphatic rings. The highest BCUT2D eigenvalue weighted by Crippen LogP contribution is 2.22. The van der Waals surface area contributed by atoms with Crippen molar-refractivity contribution >= 4 is 22.2 Å². The van der Waals surface area contributed by atoms with Gasteiger partial charge in [0.2, 0.25) is 0 Å². The van der Waals surface area contributed by atoms with Crippen LogP contribution in [-0.2, 0) is 7.05 Å².